The summed E-state index contributed by atoms with van der Waals surface area (Å²) in [7, 11) is 0. The third-order valence-corrected chi connectivity index (χ3v) is 2.71. The van der Waals surface area contributed by atoms with Crippen LogP contribution in [-0.4, -0.2) is 73.1 Å². The first-order chi connectivity index (χ1) is 8.63. The summed E-state index contributed by atoms with van der Waals surface area (Å²) in [6.45, 7) is -0.478. The molecule has 18 heavy (non-hydrogen) atoms. The lowest BCUT2D eigenvalue weighted by Crippen LogP contribution is -2.59. The molecular weight excluding hydrogens is 246 g/mol. The van der Waals surface area contributed by atoms with Crippen LogP contribution in [0.3, 0.4) is 0 Å². The SMILES string of the molecule is OC[C@H]1O[C@@H](OCc2cn[nH]n2)[C@H](O)[C@@H](O)[C@H]1O. The number of hydrogen-bond donors (Lipinski definition) is 5. The molecule has 1 aromatic rings. The molecule has 0 unspecified atom stereocenters. The van der Waals surface area contributed by atoms with Crippen molar-refractivity contribution in [3.8, 4) is 0 Å². The summed E-state index contributed by atoms with van der Waals surface area (Å²) in [5.41, 5.74) is 0.493. The highest BCUT2D eigenvalue weighted by molar-refractivity contribution is 4.91. The van der Waals surface area contributed by atoms with Crippen molar-refractivity contribution < 1.29 is 29.9 Å². The zero-order valence-electron chi connectivity index (χ0n) is 9.38. The largest absolute Gasteiger partial charge is 0.394 e. The van der Waals surface area contributed by atoms with E-state index in [-0.39, 0.29) is 6.61 Å². The minimum absolute atomic E-state index is 0.0131. The molecular formula is C9H15N3O6. The normalized spacial score (nSPS) is 36.8. The van der Waals surface area contributed by atoms with Crippen molar-refractivity contribution in [2.75, 3.05) is 6.61 Å². The van der Waals surface area contributed by atoms with Gasteiger partial charge in [0.1, 0.15) is 30.1 Å². The highest BCUT2D eigenvalue weighted by Crippen LogP contribution is 2.22. The minimum atomic E-state index is -1.45. The van der Waals surface area contributed by atoms with Crippen LogP contribution in [0.15, 0.2) is 6.20 Å². The van der Waals surface area contributed by atoms with Crippen LogP contribution in [-0.2, 0) is 16.1 Å². The molecule has 1 fully saturated rings. The number of aromatic amines is 1. The van der Waals surface area contributed by atoms with Crippen LogP contribution in [0, 0.1) is 0 Å². The third-order valence-electron chi connectivity index (χ3n) is 2.71. The molecule has 0 radical (unpaired) electrons. The Bertz CT molecular complexity index is 359. The van der Waals surface area contributed by atoms with Gasteiger partial charge in [0.05, 0.1) is 19.4 Å². The van der Waals surface area contributed by atoms with Crippen LogP contribution in [0.2, 0.25) is 0 Å². The summed E-state index contributed by atoms with van der Waals surface area (Å²) >= 11 is 0. The van der Waals surface area contributed by atoms with Crippen molar-refractivity contribution >= 4 is 0 Å². The molecule has 0 saturated carbocycles. The van der Waals surface area contributed by atoms with Gasteiger partial charge in [0, 0.05) is 0 Å². The van der Waals surface area contributed by atoms with Crippen molar-refractivity contribution in [3.63, 3.8) is 0 Å². The van der Waals surface area contributed by atoms with Crippen molar-refractivity contribution in [3.05, 3.63) is 11.9 Å². The maximum Gasteiger partial charge on any atom is 0.187 e. The van der Waals surface area contributed by atoms with E-state index in [2.05, 4.69) is 15.4 Å². The Labute approximate surface area is 102 Å². The first-order valence-corrected chi connectivity index (χ1v) is 5.40. The van der Waals surface area contributed by atoms with Gasteiger partial charge in [-0.3, -0.25) is 0 Å². The lowest BCUT2D eigenvalue weighted by Gasteiger charge is -2.39. The molecule has 5 N–H and O–H groups in total. The van der Waals surface area contributed by atoms with Crippen LogP contribution in [0.5, 0.6) is 0 Å². The molecule has 0 aromatic carbocycles. The topological polar surface area (TPSA) is 141 Å². The Balaban J connectivity index is 1.94. The van der Waals surface area contributed by atoms with E-state index in [9.17, 15) is 15.3 Å². The molecule has 5 atom stereocenters. The molecule has 1 aromatic heterocycles. The second kappa shape index (κ2) is 5.69. The van der Waals surface area contributed by atoms with E-state index >= 15 is 0 Å². The summed E-state index contributed by atoms with van der Waals surface area (Å²) in [4.78, 5) is 0. The molecule has 0 amide bonds. The number of nitrogens with zero attached hydrogens (tertiary/aromatic N) is 2. The Morgan fingerprint density at radius 2 is 2.06 bits per heavy atom. The molecule has 1 saturated heterocycles. The van der Waals surface area contributed by atoms with Crippen molar-refractivity contribution in [2.24, 2.45) is 0 Å². The van der Waals surface area contributed by atoms with Crippen LogP contribution >= 0.6 is 0 Å². The molecule has 9 heteroatoms. The molecule has 9 nitrogen and oxygen atoms in total. The van der Waals surface area contributed by atoms with Crippen molar-refractivity contribution in [1.29, 1.82) is 0 Å². The fourth-order valence-electron chi connectivity index (χ4n) is 1.67. The number of ether oxygens (including phenoxy) is 2. The standard InChI is InChI=1S/C9H15N3O6/c13-2-5-6(14)7(15)8(16)9(18-5)17-3-4-1-10-12-11-4/h1,5-9,13-16H,2-3H2,(H,10,11,12)/t5-,6+,7+,8-,9-/m1/s1. The Hall–Kier alpha value is -1.10. The lowest BCUT2D eigenvalue weighted by molar-refractivity contribution is -0.304. The van der Waals surface area contributed by atoms with E-state index < -0.39 is 37.3 Å². The first kappa shape index (κ1) is 13.3. The van der Waals surface area contributed by atoms with E-state index in [0.717, 1.165) is 0 Å². The Morgan fingerprint density at radius 3 is 2.67 bits per heavy atom. The number of nitrogens with one attached hydrogen (secondary N) is 1. The van der Waals surface area contributed by atoms with Gasteiger partial charge in [-0.2, -0.15) is 15.4 Å². The van der Waals surface area contributed by atoms with Gasteiger partial charge in [-0.1, -0.05) is 0 Å². The number of rotatable bonds is 4. The van der Waals surface area contributed by atoms with Gasteiger partial charge in [-0.25, -0.2) is 0 Å². The fraction of sp³-hybridized carbons (Fsp3) is 0.778. The van der Waals surface area contributed by atoms with Gasteiger partial charge >= 0.3 is 0 Å². The van der Waals surface area contributed by atoms with Gasteiger partial charge in [-0.05, 0) is 0 Å². The number of hydrogen-bond acceptors (Lipinski definition) is 8. The highest BCUT2D eigenvalue weighted by Gasteiger charge is 2.43. The molecule has 1 aliphatic heterocycles. The molecule has 2 heterocycles. The molecule has 102 valence electrons. The maximum atomic E-state index is 9.66. The lowest BCUT2D eigenvalue weighted by atomic mass is 9.99. The number of aliphatic hydroxyl groups is 4. The summed E-state index contributed by atoms with van der Waals surface area (Å²) < 4.78 is 10.4. The number of aliphatic hydroxyl groups excluding tert-OH is 4. The summed E-state index contributed by atoms with van der Waals surface area (Å²) in [6, 6.07) is 0. The number of H-pyrrole nitrogens is 1. The highest BCUT2D eigenvalue weighted by atomic mass is 16.7. The Kier molecular flexibility index (Phi) is 4.22. The Morgan fingerprint density at radius 1 is 1.28 bits per heavy atom. The predicted octanol–water partition coefficient (Wildman–Crippen LogP) is -2.88. The van der Waals surface area contributed by atoms with Crippen molar-refractivity contribution in [2.45, 2.75) is 37.3 Å². The van der Waals surface area contributed by atoms with Crippen LogP contribution in [0.4, 0.5) is 0 Å². The maximum absolute atomic E-state index is 9.66. The minimum Gasteiger partial charge on any atom is -0.394 e. The van der Waals surface area contributed by atoms with E-state index in [4.69, 9.17) is 14.6 Å². The molecule has 2 rings (SSSR count). The van der Waals surface area contributed by atoms with Crippen LogP contribution in [0.1, 0.15) is 5.69 Å². The summed E-state index contributed by atoms with van der Waals surface area (Å²) in [5, 5.41) is 47.4. The van der Waals surface area contributed by atoms with Gasteiger partial charge in [0.25, 0.3) is 0 Å². The third kappa shape index (κ3) is 2.66. The van der Waals surface area contributed by atoms with E-state index in [1.54, 1.807) is 0 Å². The molecule has 0 bridgehead atoms. The van der Waals surface area contributed by atoms with E-state index in [1.807, 2.05) is 0 Å². The van der Waals surface area contributed by atoms with E-state index in [0.29, 0.717) is 5.69 Å². The molecule has 0 aliphatic carbocycles. The molecule has 1 aliphatic rings. The molecule has 0 spiro atoms. The smallest absolute Gasteiger partial charge is 0.187 e. The van der Waals surface area contributed by atoms with Gasteiger partial charge in [0.15, 0.2) is 6.29 Å². The average molecular weight is 261 g/mol. The van der Waals surface area contributed by atoms with Crippen LogP contribution < -0.4 is 0 Å². The quantitative estimate of drug-likeness (QED) is 0.389. The second-order valence-corrected chi connectivity index (χ2v) is 3.97. The predicted molar refractivity (Wildman–Crippen MR) is 54.9 cm³/mol. The monoisotopic (exact) mass is 261 g/mol. The average Bonchev–Trinajstić information content (AvgIpc) is 2.88. The summed E-state index contributed by atoms with van der Waals surface area (Å²) in [5.74, 6) is 0. The van der Waals surface area contributed by atoms with Gasteiger partial charge < -0.3 is 29.9 Å². The van der Waals surface area contributed by atoms with Crippen molar-refractivity contribution in [1.82, 2.24) is 15.4 Å². The van der Waals surface area contributed by atoms with Crippen LogP contribution in [0.25, 0.3) is 0 Å². The zero-order chi connectivity index (χ0) is 13.1. The second-order valence-electron chi connectivity index (χ2n) is 3.97. The van der Waals surface area contributed by atoms with Gasteiger partial charge in [0.2, 0.25) is 0 Å². The summed E-state index contributed by atoms with van der Waals surface area (Å²) in [6.07, 6.45) is -4.95. The van der Waals surface area contributed by atoms with Gasteiger partial charge in [-0.15, -0.1) is 0 Å². The number of aromatic nitrogens is 3. The first-order valence-electron chi connectivity index (χ1n) is 5.40. The zero-order valence-corrected chi connectivity index (χ0v) is 9.38. The van der Waals surface area contributed by atoms with E-state index in [1.165, 1.54) is 6.20 Å². The fourth-order valence-corrected chi connectivity index (χ4v) is 1.67.